The molecule has 136 valence electrons. The number of rotatable bonds is 8. The number of urea groups is 1. The van der Waals surface area contributed by atoms with Crippen LogP contribution in [0.2, 0.25) is 0 Å². The van der Waals surface area contributed by atoms with Gasteiger partial charge in [-0.2, -0.15) is 0 Å². The van der Waals surface area contributed by atoms with E-state index in [-0.39, 0.29) is 6.03 Å². The van der Waals surface area contributed by atoms with Crippen LogP contribution in [0.5, 0.6) is 5.75 Å². The summed E-state index contributed by atoms with van der Waals surface area (Å²) < 4.78 is 7.24. The summed E-state index contributed by atoms with van der Waals surface area (Å²) in [4.78, 5) is 16.2. The summed E-state index contributed by atoms with van der Waals surface area (Å²) >= 11 is 0. The molecule has 0 bridgehead atoms. The Morgan fingerprint density at radius 1 is 1.08 bits per heavy atom. The van der Waals surface area contributed by atoms with E-state index in [0.29, 0.717) is 13.1 Å². The van der Waals surface area contributed by atoms with E-state index in [0.717, 1.165) is 41.7 Å². The van der Waals surface area contributed by atoms with E-state index in [4.69, 9.17) is 4.74 Å². The van der Waals surface area contributed by atoms with Gasteiger partial charge < -0.3 is 19.9 Å². The van der Waals surface area contributed by atoms with Gasteiger partial charge in [0.05, 0.1) is 24.5 Å². The van der Waals surface area contributed by atoms with Crippen molar-refractivity contribution in [3.63, 3.8) is 0 Å². The lowest BCUT2D eigenvalue weighted by molar-refractivity contribution is 0.240. The molecule has 3 rings (SSSR count). The number of amides is 2. The van der Waals surface area contributed by atoms with Gasteiger partial charge in [0.15, 0.2) is 0 Å². The molecule has 0 aliphatic heterocycles. The van der Waals surface area contributed by atoms with E-state index < -0.39 is 0 Å². The maximum atomic E-state index is 11.8. The van der Waals surface area contributed by atoms with Crippen LogP contribution in [0.1, 0.15) is 12.0 Å². The highest BCUT2D eigenvalue weighted by molar-refractivity contribution is 5.75. The maximum absolute atomic E-state index is 11.8. The first kappa shape index (κ1) is 17.8. The highest BCUT2D eigenvalue weighted by Gasteiger charge is 2.03. The van der Waals surface area contributed by atoms with Gasteiger partial charge in [0.2, 0.25) is 0 Å². The largest absolute Gasteiger partial charge is 0.497 e. The van der Waals surface area contributed by atoms with Crippen molar-refractivity contribution < 1.29 is 9.53 Å². The number of benzene rings is 2. The molecular formula is C20H24N4O2. The molecule has 6 nitrogen and oxygen atoms in total. The Kier molecular flexibility index (Phi) is 6.09. The molecule has 26 heavy (non-hydrogen) atoms. The lowest BCUT2D eigenvalue weighted by Gasteiger charge is -2.09. The molecule has 0 aliphatic rings. The molecule has 0 saturated heterocycles. The molecule has 1 aromatic heterocycles. The van der Waals surface area contributed by atoms with Gasteiger partial charge in [-0.15, -0.1) is 0 Å². The van der Waals surface area contributed by atoms with E-state index in [1.807, 2.05) is 48.8 Å². The van der Waals surface area contributed by atoms with Gasteiger partial charge in [0, 0.05) is 19.6 Å². The SMILES string of the molecule is COc1ccc(CCNC(=O)NCCCn2cnc3ccccc32)cc1. The average molecular weight is 352 g/mol. The molecule has 0 unspecified atom stereocenters. The number of nitrogens with zero attached hydrogens (tertiary/aromatic N) is 2. The fourth-order valence-electron chi connectivity index (χ4n) is 2.81. The second kappa shape index (κ2) is 8.89. The predicted octanol–water partition coefficient (Wildman–Crippen LogP) is 2.98. The minimum Gasteiger partial charge on any atom is -0.497 e. The molecule has 2 N–H and O–H groups in total. The third-order valence-corrected chi connectivity index (χ3v) is 4.25. The number of ether oxygens (including phenoxy) is 1. The molecular weight excluding hydrogens is 328 g/mol. The molecule has 0 atom stereocenters. The molecule has 0 fully saturated rings. The summed E-state index contributed by atoms with van der Waals surface area (Å²) in [5.74, 6) is 0.838. The van der Waals surface area contributed by atoms with Gasteiger partial charge in [0.1, 0.15) is 5.75 Å². The maximum Gasteiger partial charge on any atom is 0.314 e. The lowest BCUT2D eigenvalue weighted by atomic mass is 10.1. The van der Waals surface area contributed by atoms with Crippen molar-refractivity contribution in [2.45, 2.75) is 19.4 Å². The summed E-state index contributed by atoms with van der Waals surface area (Å²) in [6.07, 6.45) is 3.49. The van der Waals surface area contributed by atoms with Crippen LogP contribution in [-0.2, 0) is 13.0 Å². The van der Waals surface area contributed by atoms with Crippen LogP contribution in [0.4, 0.5) is 4.79 Å². The van der Waals surface area contributed by atoms with Crippen LogP contribution in [0.15, 0.2) is 54.9 Å². The minimum atomic E-state index is -0.131. The smallest absolute Gasteiger partial charge is 0.314 e. The summed E-state index contributed by atoms with van der Waals surface area (Å²) in [5, 5.41) is 5.78. The number of aromatic nitrogens is 2. The third-order valence-electron chi connectivity index (χ3n) is 4.25. The number of aryl methyl sites for hydroxylation is 1. The van der Waals surface area contributed by atoms with Crippen molar-refractivity contribution in [3.8, 4) is 5.75 Å². The summed E-state index contributed by atoms with van der Waals surface area (Å²) in [6, 6.07) is 15.8. The van der Waals surface area contributed by atoms with Gasteiger partial charge in [-0.3, -0.25) is 0 Å². The summed E-state index contributed by atoms with van der Waals surface area (Å²) in [6.45, 7) is 2.05. The normalized spacial score (nSPS) is 10.7. The molecule has 0 aliphatic carbocycles. The predicted molar refractivity (Wildman–Crippen MR) is 102 cm³/mol. The second-order valence-corrected chi connectivity index (χ2v) is 6.06. The van der Waals surface area contributed by atoms with Crippen molar-refractivity contribution in [2.24, 2.45) is 0 Å². The zero-order chi connectivity index (χ0) is 18.2. The van der Waals surface area contributed by atoms with Gasteiger partial charge in [-0.1, -0.05) is 24.3 Å². The zero-order valence-corrected chi connectivity index (χ0v) is 14.9. The number of imidazole rings is 1. The topological polar surface area (TPSA) is 68.2 Å². The number of carbonyl (C=O) groups excluding carboxylic acids is 1. The van der Waals surface area contributed by atoms with E-state index in [2.05, 4.69) is 26.3 Å². The van der Waals surface area contributed by atoms with Gasteiger partial charge in [0.25, 0.3) is 0 Å². The summed E-state index contributed by atoms with van der Waals surface area (Å²) in [5.41, 5.74) is 3.28. The third kappa shape index (κ3) is 4.75. The van der Waals surface area contributed by atoms with E-state index in [1.165, 1.54) is 0 Å². The van der Waals surface area contributed by atoms with Gasteiger partial charge in [-0.25, -0.2) is 9.78 Å². The number of hydrogen-bond acceptors (Lipinski definition) is 3. The first-order chi connectivity index (χ1) is 12.8. The Hall–Kier alpha value is -3.02. The van der Waals surface area contributed by atoms with Crippen molar-refractivity contribution in [1.82, 2.24) is 20.2 Å². The molecule has 0 radical (unpaired) electrons. The Morgan fingerprint density at radius 3 is 2.65 bits per heavy atom. The highest BCUT2D eigenvalue weighted by Crippen LogP contribution is 2.12. The van der Waals surface area contributed by atoms with Crippen LogP contribution >= 0.6 is 0 Å². The van der Waals surface area contributed by atoms with Crippen molar-refractivity contribution in [2.75, 3.05) is 20.2 Å². The molecule has 0 saturated carbocycles. The molecule has 3 aromatic rings. The van der Waals surface area contributed by atoms with Crippen LogP contribution in [-0.4, -0.2) is 35.8 Å². The molecule has 6 heteroatoms. The van der Waals surface area contributed by atoms with Gasteiger partial charge in [-0.05, 0) is 42.7 Å². The van der Waals surface area contributed by atoms with Crippen LogP contribution < -0.4 is 15.4 Å². The minimum absolute atomic E-state index is 0.131. The van der Waals surface area contributed by atoms with Gasteiger partial charge >= 0.3 is 6.03 Å². The lowest BCUT2D eigenvalue weighted by Crippen LogP contribution is -2.37. The molecule has 2 aromatic carbocycles. The standard InChI is InChI=1S/C20H24N4O2/c1-26-17-9-7-16(8-10-17)11-13-22-20(25)21-12-4-14-24-15-23-18-5-2-3-6-19(18)24/h2-3,5-10,15H,4,11-14H2,1H3,(H2,21,22,25). The van der Waals surface area contributed by atoms with Crippen LogP contribution in [0.3, 0.4) is 0 Å². The Labute approximate surface area is 153 Å². The molecule has 1 heterocycles. The number of fused-ring (bicyclic) bond motifs is 1. The van der Waals surface area contributed by atoms with Crippen LogP contribution in [0, 0.1) is 0 Å². The number of carbonyl (C=O) groups is 1. The number of para-hydroxylation sites is 2. The van der Waals surface area contributed by atoms with E-state index in [9.17, 15) is 4.79 Å². The number of hydrogen-bond donors (Lipinski definition) is 2. The molecule has 2 amide bonds. The average Bonchev–Trinajstić information content (AvgIpc) is 3.09. The van der Waals surface area contributed by atoms with E-state index >= 15 is 0 Å². The quantitative estimate of drug-likeness (QED) is 0.613. The second-order valence-electron chi connectivity index (χ2n) is 6.06. The number of methoxy groups -OCH3 is 1. The fourth-order valence-corrected chi connectivity index (χ4v) is 2.81. The monoisotopic (exact) mass is 352 g/mol. The molecule has 0 spiro atoms. The van der Waals surface area contributed by atoms with Crippen molar-refractivity contribution in [3.05, 3.63) is 60.4 Å². The Balaban J connectivity index is 1.32. The fraction of sp³-hybridized carbons (Fsp3) is 0.300. The van der Waals surface area contributed by atoms with Crippen molar-refractivity contribution >= 4 is 17.1 Å². The first-order valence-corrected chi connectivity index (χ1v) is 8.81. The highest BCUT2D eigenvalue weighted by atomic mass is 16.5. The van der Waals surface area contributed by atoms with Crippen LogP contribution in [0.25, 0.3) is 11.0 Å². The Bertz CT molecular complexity index is 842. The zero-order valence-electron chi connectivity index (χ0n) is 14.9. The first-order valence-electron chi connectivity index (χ1n) is 8.81. The van der Waals surface area contributed by atoms with Crippen molar-refractivity contribution in [1.29, 1.82) is 0 Å². The summed E-state index contributed by atoms with van der Waals surface area (Å²) in [7, 11) is 1.65. The van der Waals surface area contributed by atoms with E-state index in [1.54, 1.807) is 7.11 Å². The number of nitrogens with one attached hydrogen (secondary N) is 2. The Morgan fingerprint density at radius 2 is 1.85 bits per heavy atom.